The number of fused-ring (bicyclic) bond motifs is 1. The van der Waals surface area contributed by atoms with E-state index in [9.17, 15) is 29.7 Å². The predicted molar refractivity (Wildman–Crippen MR) is 116 cm³/mol. The molecule has 188 valence electrons. The molecule has 0 aromatic heterocycles. The molecule has 34 heavy (non-hydrogen) atoms. The Hall–Kier alpha value is -1.81. The number of carbonyl (C=O) groups is 3. The number of allylic oxidation sites excluding steroid dienone is 1. The van der Waals surface area contributed by atoms with E-state index < -0.39 is 82.4 Å². The van der Waals surface area contributed by atoms with Crippen LogP contribution in [0.1, 0.15) is 47.5 Å². The van der Waals surface area contributed by atoms with Crippen LogP contribution in [0.2, 0.25) is 0 Å². The highest BCUT2D eigenvalue weighted by Gasteiger charge is 2.83. The number of hydrogen-bond acceptors (Lipinski definition) is 9. The molecule has 9 nitrogen and oxygen atoms in total. The Morgan fingerprint density at radius 2 is 2.00 bits per heavy atom. The van der Waals surface area contributed by atoms with Crippen LogP contribution in [0.25, 0.3) is 0 Å². The molecule has 1 spiro atoms. The predicted octanol–water partition coefficient (Wildman–Crippen LogP) is 0.734. The number of aliphatic hydroxyl groups is 3. The Kier molecular flexibility index (Phi) is 5.17. The summed E-state index contributed by atoms with van der Waals surface area (Å²) in [5.41, 5.74) is -1.51. The van der Waals surface area contributed by atoms with Crippen molar-refractivity contribution in [2.45, 2.75) is 77.7 Å². The zero-order valence-electron chi connectivity index (χ0n) is 20.2. The van der Waals surface area contributed by atoms with E-state index in [1.165, 1.54) is 6.08 Å². The van der Waals surface area contributed by atoms with Gasteiger partial charge in [-0.3, -0.25) is 9.59 Å². The van der Waals surface area contributed by atoms with Crippen LogP contribution in [0.3, 0.4) is 0 Å². The van der Waals surface area contributed by atoms with Gasteiger partial charge in [0.25, 0.3) is 0 Å². The van der Waals surface area contributed by atoms with Crippen molar-refractivity contribution in [3.63, 3.8) is 0 Å². The largest absolute Gasteiger partial charge is 0.459 e. The molecule has 2 saturated heterocycles. The van der Waals surface area contributed by atoms with E-state index in [0.717, 1.165) is 5.57 Å². The Balaban J connectivity index is 1.69. The van der Waals surface area contributed by atoms with Gasteiger partial charge in [-0.15, -0.1) is 0 Å². The smallest absolute Gasteiger partial charge is 0.348 e. The van der Waals surface area contributed by atoms with E-state index in [-0.39, 0.29) is 12.5 Å². The molecule has 9 heteroatoms. The van der Waals surface area contributed by atoms with Gasteiger partial charge in [-0.2, -0.15) is 0 Å². The van der Waals surface area contributed by atoms with Gasteiger partial charge in [0.05, 0.1) is 12.5 Å². The van der Waals surface area contributed by atoms with E-state index in [4.69, 9.17) is 14.2 Å². The summed E-state index contributed by atoms with van der Waals surface area (Å²) < 4.78 is 17.6. The van der Waals surface area contributed by atoms with Gasteiger partial charge in [-0.05, 0) is 37.7 Å². The van der Waals surface area contributed by atoms with Crippen LogP contribution in [-0.4, -0.2) is 69.9 Å². The van der Waals surface area contributed by atoms with Gasteiger partial charge in [0.1, 0.15) is 18.3 Å². The summed E-state index contributed by atoms with van der Waals surface area (Å²) in [5.74, 6) is -6.89. The second-order valence-electron chi connectivity index (χ2n) is 11.4. The highest BCUT2D eigenvalue weighted by atomic mass is 16.7. The first-order valence-electron chi connectivity index (χ1n) is 12.2. The van der Waals surface area contributed by atoms with Crippen LogP contribution >= 0.6 is 0 Å². The van der Waals surface area contributed by atoms with Crippen LogP contribution in [0.15, 0.2) is 11.6 Å². The normalized spacial score (nSPS) is 52.2. The van der Waals surface area contributed by atoms with Crippen LogP contribution in [0.4, 0.5) is 0 Å². The van der Waals surface area contributed by atoms with Crippen molar-refractivity contribution in [3.05, 3.63) is 11.6 Å². The van der Waals surface area contributed by atoms with Crippen LogP contribution in [0.5, 0.6) is 0 Å². The van der Waals surface area contributed by atoms with Crippen molar-refractivity contribution in [3.8, 4) is 0 Å². The molecule has 12 atom stereocenters. The summed E-state index contributed by atoms with van der Waals surface area (Å²) in [6, 6.07) is 0. The lowest BCUT2D eigenvalue weighted by Gasteiger charge is -2.68. The first-order valence-corrected chi connectivity index (χ1v) is 12.2. The number of aliphatic hydroxyl groups excluding tert-OH is 2. The number of carbonyl (C=O) groups excluding carboxylic acids is 3. The van der Waals surface area contributed by atoms with Crippen molar-refractivity contribution in [1.82, 2.24) is 0 Å². The lowest BCUT2D eigenvalue weighted by molar-refractivity contribution is -0.340. The molecule has 0 aromatic rings. The minimum absolute atomic E-state index is 0.0540. The number of ketones is 1. The van der Waals surface area contributed by atoms with Crippen molar-refractivity contribution in [1.29, 1.82) is 0 Å². The van der Waals surface area contributed by atoms with Crippen molar-refractivity contribution < 1.29 is 43.9 Å². The summed E-state index contributed by atoms with van der Waals surface area (Å²) in [4.78, 5) is 38.7. The quantitative estimate of drug-likeness (QED) is 0.501. The van der Waals surface area contributed by atoms with Crippen molar-refractivity contribution >= 4 is 17.7 Å². The first-order chi connectivity index (χ1) is 15.8. The third-order valence-electron chi connectivity index (χ3n) is 9.89. The molecule has 5 rings (SSSR count). The molecular formula is C25H34O9. The Labute approximate surface area is 198 Å². The Morgan fingerprint density at radius 1 is 1.32 bits per heavy atom. The molecular weight excluding hydrogens is 444 g/mol. The van der Waals surface area contributed by atoms with Gasteiger partial charge in [0.15, 0.2) is 11.6 Å². The van der Waals surface area contributed by atoms with Gasteiger partial charge in [0.2, 0.25) is 6.10 Å². The third-order valence-corrected chi connectivity index (χ3v) is 9.89. The minimum atomic E-state index is -2.06. The second kappa shape index (κ2) is 7.35. The fourth-order valence-electron chi connectivity index (χ4n) is 8.14. The van der Waals surface area contributed by atoms with Gasteiger partial charge >= 0.3 is 11.9 Å². The topological polar surface area (TPSA) is 140 Å². The van der Waals surface area contributed by atoms with Crippen LogP contribution < -0.4 is 0 Å². The lowest BCUT2D eigenvalue weighted by atomic mass is 9.38. The molecule has 1 unspecified atom stereocenters. The zero-order valence-corrected chi connectivity index (χ0v) is 20.2. The molecule has 0 aromatic carbocycles. The van der Waals surface area contributed by atoms with Gasteiger partial charge < -0.3 is 29.5 Å². The van der Waals surface area contributed by atoms with E-state index in [1.54, 1.807) is 27.7 Å². The monoisotopic (exact) mass is 478 g/mol. The molecule has 2 bridgehead atoms. The summed E-state index contributed by atoms with van der Waals surface area (Å²) in [7, 11) is 0. The first kappa shape index (κ1) is 23.9. The number of ether oxygens (including phenoxy) is 3. The highest BCUT2D eigenvalue weighted by Crippen LogP contribution is 2.73. The zero-order chi connectivity index (χ0) is 25.0. The van der Waals surface area contributed by atoms with E-state index >= 15 is 0 Å². The molecule has 3 N–H and O–H groups in total. The fourth-order valence-corrected chi connectivity index (χ4v) is 8.14. The maximum Gasteiger partial charge on any atom is 0.348 e. The molecule has 5 aliphatic rings. The third kappa shape index (κ3) is 2.61. The maximum absolute atomic E-state index is 13.2. The molecule has 0 amide bonds. The van der Waals surface area contributed by atoms with Gasteiger partial charge in [-0.25, -0.2) is 4.79 Å². The standard InChI is InChI=1S/C25H34O9/c1-6-10(2)20(29)34-17-16-12(4)18(27)25(31)22-23(5)13(11(3)7-14(26)19(23)28)8-15(33-21(17)30)24(16,22)9-32-25/h7,10,12-13,15-19,22,27-28,31H,6,8-9H2,1-5H3/t10?,12-,13+,15-,16-,17-,18-,19-,22-,23-,24-,25-/m1/s1. The molecule has 2 heterocycles. The molecule has 4 fully saturated rings. The number of esters is 2. The highest BCUT2D eigenvalue weighted by molar-refractivity contribution is 5.96. The average Bonchev–Trinajstić information content (AvgIpc) is 3.08. The molecule has 2 aliphatic heterocycles. The van der Waals surface area contributed by atoms with Crippen LogP contribution in [-0.2, 0) is 28.6 Å². The minimum Gasteiger partial charge on any atom is -0.459 e. The summed E-state index contributed by atoms with van der Waals surface area (Å²) in [5, 5.41) is 34.3. The van der Waals surface area contributed by atoms with Crippen molar-refractivity contribution in [2.75, 3.05) is 6.61 Å². The van der Waals surface area contributed by atoms with Crippen molar-refractivity contribution in [2.24, 2.45) is 40.4 Å². The average molecular weight is 479 g/mol. The summed E-state index contributed by atoms with van der Waals surface area (Å²) >= 11 is 0. The fraction of sp³-hybridized carbons (Fsp3) is 0.800. The van der Waals surface area contributed by atoms with E-state index in [1.807, 2.05) is 6.92 Å². The van der Waals surface area contributed by atoms with Gasteiger partial charge in [-0.1, -0.05) is 33.3 Å². The number of hydrogen-bond donors (Lipinski definition) is 3. The van der Waals surface area contributed by atoms with E-state index in [0.29, 0.717) is 12.8 Å². The summed E-state index contributed by atoms with van der Waals surface area (Å²) in [6.45, 7) is 8.74. The van der Waals surface area contributed by atoms with E-state index in [2.05, 4.69) is 0 Å². The SMILES string of the molecule is CCC(C)C(=O)O[C@H]1C(=O)O[C@@H]2C[C@H]3C(C)=CC(=O)[C@@H](O)[C@]3(C)[C@H]3[C@]4(O)OC[C@@]32[C@@H]1[C@@H](C)[C@H]4O. The maximum atomic E-state index is 13.2. The number of rotatable bonds is 3. The lowest BCUT2D eigenvalue weighted by Crippen LogP contribution is -2.78. The molecule has 2 saturated carbocycles. The molecule has 0 radical (unpaired) electrons. The summed E-state index contributed by atoms with van der Waals surface area (Å²) in [6.07, 6.45) is -2.58. The Bertz CT molecular complexity index is 975. The molecule has 3 aliphatic carbocycles. The van der Waals surface area contributed by atoms with Gasteiger partial charge in [0, 0.05) is 22.7 Å². The Morgan fingerprint density at radius 3 is 2.65 bits per heavy atom. The van der Waals surface area contributed by atoms with Crippen LogP contribution in [0, 0.1) is 40.4 Å². The second-order valence-corrected chi connectivity index (χ2v) is 11.4.